The lowest BCUT2D eigenvalue weighted by Gasteiger charge is -2.09. The molecule has 156 valence electrons. The van der Waals surface area contributed by atoms with Gasteiger partial charge in [0, 0.05) is 36.3 Å². The van der Waals surface area contributed by atoms with Gasteiger partial charge >= 0.3 is 0 Å². The summed E-state index contributed by atoms with van der Waals surface area (Å²) in [5.41, 5.74) is 4.90. The molecule has 1 aromatic heterocycles. The number of hydrogen-bond donors (Lipinski definition) is 2. The maximum absolute atomic E-state index is 12.3. The molecule has 2 N–H and O–H groups in total. The summed E-state index contributed by atoms with van der Waals surface area (Å²) in [7, 11) is 1.98. The van der Waals surface area contributed by atoms with E-state index in [0.717, 1.165) is 27.2 Å². The molecular weight excluding hydrogens is 432 g/mol. The summed E-state index contributed by atoms with van der Waals surface area (Å²) in [5, 5.41) is 16.8. The highest BCUT2D eigenvalue weighted by Gasteiger charge is 2.09. The van der Waals surface area contributed by atoms with Gasteiger partial charge in [0.1, 0.15) is 5.75 Å². The van der Waals surface area contributed by atoms with Crippen molar-refractivity contribution in [3.63, 3.8) is 0 Å². The van der Waals surface area contributed by atoms with Crippen LogP contribution in [0.3, 0.4) is 0 Å². The lowest BCUT2D eigenvalue weighted by molar-refractivity contribution is 0.0955. The molecule has 1 amide bonds. The number of nitrogens with one attached hydrogen (secondary N) is 1. The second kappa shape index (κ2) is 9.24. The third kappa shape index (κ3) is 4.73. The number of halogens is 1. The molecule has 4 rings (SSSR count). The SMILES string of the molecule is Cn1ccnc1SCc1ccc(/C=N/NC(=O)c2ccc(O)c(Cl)c2)c2ccccc12. The average Bonchev–Trinajstić information content (AvgIpc) is 3.19. The van der Waals surface area contributed by atoms with Gasteiger partial charge in [0.2, 0.25) is 0 Å². The van der Waals surface area contributed by atoms with E-state index in [-0.39, 0.29) is 10.8 Å². The fraction of sp³-hybridized carbons (Fsp3) is 0.0870. The summed E-state index contributed by atoms with van der Waals surface area (Å²) < 4.78 is 2.00. The van der Waals surface area contributed by atoms with E-state index in [1.54, 1.807) is 24.2 Å². The van der Waals surface area contributed by atoms with Crippen molar-refractivity contribution in [3.8, 4) is 5.75 Å². The molecule has 0 unspecified atom stereocenters. The number of thioether (sulfide) groups is 1. The Kier molecular flexibility index (Phi) is 6.25. The van der Waals surface area contributed by atoms with Crippen LogP contribution in [0.4, 0.5) is 0 Å². The summed E-state index contributed by atoms with van der Waals surface area (Å²) in [4.78, 5) is 16.6. The highest BCUT2D eigenvalue weighted by Crippen LogP contribution is 2.28. The monoisotopic (exact) mass is 450 g/mol. The molecule has 0 radical (unpaired) electrons. The number of phenols is 1. The van der Waals surface area contributed by atoms with E-state index in [1.807, 2.05) is 42.1 Å². The van der Waals surface area contributed by atoms with Crippen molar-refractivity contribution < 1.29 is 9.90 Å². The molecule has 0 aliphatic rings. The van der Waals surface area contributed by atoms with Crippen LogP contribution in [0.25, 0.3) is 10.8 Å². The zero-order chi connectivity index (χ0) is 21.8. The third-order valence-electron chi connectivity index (χ3n) is 4.76. The number of aromatic nitrogens is 2. The second-order valence-corrected chi connectivity index (χ2v) is 8.18. The number of hydrazone groups is 1. The summed E-state index contributed by atoms with van der Waals surface area (Å²) in [6.45, 7) is 0. The molecule has 0 spiro atoms. The summed E-state index contributed by atoms with van der Waals surface area (Å²) in [6, 6.07) is 16.4. The van der Waals surface area contributed by atoms with Crippen LogP contribution in [0.2, 0.25) is 5.02 Å². The minimum absolute atomic E-state index is 0.0747. The summed E-state index contributed by atoms with van der Waals surface area (Å²) in [5.74, 6) is 0.307. The molecular formula is C23H19ClN4O2S. The Hall–Kier alpha value is -3.29. The molecule has 0 aliphatic heterocycles. The Balaban J connectivity index is 1.52. The number of imidazole rings is 1. The largest absolute Gasteiger partial charge is 0.506 e. The van der Waals surface area contributed by atoms with Crippen LogP contribution in [-0.2, 0) is 12.8 Å². The van der Waals surface area contributed by atoms with Gasteiger partial charge in [0.05, 0.1) is 11.2 Å². The minimum atomic E-state index is -0.412. The minimum Gasteiger partial charge on any atom is -0.506 e. The first-order valence-corrected chi connectivity index (χ1v) is 10.8. The third-order valence-corrected chi connectivity index (χ3v) is 6.17. The number of carbonyl (C=O) groups is 1. The first-order chi connectivity index (χ1) is 15.0. The number of aromatic hydroxyl groups is 1. The smallest absolute Gasteiger partial charge is 0.271 e. The number of rotatable bonds is 6. The van der Waals surface area contributed by atoms with Crippen LogP contribution >= 0.6 is 23.4 Å². The van der Waals surface area contributed by atoms with Crippen molar-refractivity contribution in [3.05, 3.63) is 88.7 Å². The predicted molar refractivity (Wildman–Crippen MR) is 125 cm³/mol. The number of phenolic OH excluding ortho intramolecular Hbond substituents is 1. The molecule has 4 aromatic rings. The number of amides is 1. The number of hydrogen-bond acceptors (Lipinski definition) is 5. The van der Waals surface area contributed by atoms with Crippen molar-refractivity contribution in [2.45, 2.75) is 10.9 Å². The van der Waals surface area contributed by atoms with E-state index in [1.165, 1.54) is 23.8 Å². The highest BCUT2D eigenvalue weighted by molar-refractivity contribution is 7.98. The molecule has 0 fully saturated rings. The van der Waals surface area contributed by atoms with Gasteiger partial charge in [-0.25, -0.2) is 10.4 Å². The zero-order valence-electron chi connectivity index (χ0n) is 16.6. The van der Waals surface area contributed by atoms with Crippen molar-refractivity contribution >= 4 is 46.3 Å². The number of fused-ring (bicyclic) bond motifs is 1. The van der Waals surface area contributed by atoms with E-state index >= 15 is 0 Å². The number of benzene rings is 3. The van der Waals surface area contributed by atoms with E-state index in [2.05, 4.69) is 27.6 Å². The van der Waals surface area contributed by atoms with Gasteiger partial charge in [-0.15, -0.1) is 0 Å². The fourth-order valence-electron chi connectivity index (χ4n) is 3.13. The van der Waals surface area contributed by atoms with Crippen molar-refractivity contribution in [2.24, 2.45) is 12.1 Å². The number of nitrogens with zero attached hydrogens (tertiary/aromatic N) is 3. The van der Waals surface area contributed by atoms with Crippen LogP contribution in [0, 0.1) is 0 Å². The Morgan fingerprint density at radius 3 is 2.77 bits per heavy atom. The van der Waals surface area contributed by atoms with E-state index in [4.69, 9.17) is 11.6 Å². The molecule has 8 heteroatoms. The summed E-state index contributed by atoms with van der Waals surface area (Å²) >= 11 is 7.54. The molecule has 0 saturated heterocycles. The van der Waals surface area contributed by atoms with Crippen LogP contribution in [0.15, 0.2) is 77.2 Å². The molecule has 1 heterocycles. The first-order valence-electron chi connectivity index (χ1n) is 9.45. The van der Waals surface area contributed by atoms with Crippen molar-refractivity contribution in [1.29, 1.82) is 0 Å². The van der Waals surface area contributed by atoms with Crippen molar-refractivity contribution in [2.75, 3.05) is 0 Å². The Morgan fingerprint density at radius 2 is 2.03 bits per heavy atom. The topological polar surface area (TPSA) is 79.5 Å². The number of aryl methyl sites for hydroxylation is 1. The van der Waals surface area contributed by atoms with E-state index < -0.39 is 5.91 Å². The molecule has 6 nitrogen and oxygen atoms in total. The van der Waals surface area contributed by atoms with E-state index in [9.17, 15) is 9.90 Å². The predicted octanol–water partition coefficient (Wildman–Crippen LogP) is 4.99. The molecule has 3 aromatic carbocycles. The average molecular weight is 451 g/mol. The fourth-order valence-corrected chi connectivity index (χ4v) is 4.25. The maximum atomic E-state index is 12.3. The van der Waals surface area contributed by atoms with Gasteiger partial charge < -0.3 is 9.67 Å². The molecule has 0 bridgehead atoms. The summed E-state index contributed by atoms with van der Waals surface area (Å²) in [6.07, 6.45) is 5.35. The van der Waals surface area contributed by atoms with Gasteiger partial charge in [0.15, 0.2) is 5.16 Å². The quantitative estimate of drug-likeness (QED) is 0.246. The molecule has 31 heavy (non-hydrogen) atoms. The van der Waals surface area contributed by atoms with Crippen LogP contribution in [-0.4, -0.2) is 26.8 Å². The van der Waals surface area contributed by atoms with Gasteiger partial charge in [-0.05, 0) is 34.5 Å². The van der Waals surface area contributed by atoms with Crippen LogP contribution in [0.5, 0.6) is 5.75 Å². The zero-order valence-corrected chi connectivity index (χ0v) is 18.2. The standard InChI is InChI=1S/C23H19ClN4O2S/c1-28-11-10-25-23(28)31-14-17-7-6-16(18-4-2-3-5-19(17)18)13-26-27-22(30)15-8-9-21(29)20(24)12-15/h2-13,29H,14H2,1H3,(H,27,30)/b26-13+. The second-order valence-electron chi connectivity index (χ2n) is 6.83. The van der Waals surface area contributed by atoms with Crippen LogP contribution < -0.4 is 5.43 Å². The molecule has 0 aliphatic carbocycles. The first kappa shape index (κ1) is 21.0. The maximum Gasteiger partial charge on any atom is 0.271 e. The molecule has 0 saturated carbocycles. The van der Waals surface area contributed by atoms with E-state index in [0.29, 0.717) is 5.56 Å². The van der Waals surface area contributed by atoms with Gasteiger partial charge in [-0.3, -0.25) is 4.79 Å². The van der Waals surface area contributed by atoms with Gasteiger partial charge in [-0.2, -0.15) is 5.10 Å². The number of carbonyl (C=O) groups excluding carboxylic acids is 1. The Bertz CT molecular complexity index is 1290. The Morgan fingerprint density at radius 1 is 1.23 bits per heavy atom. The van der Waals surface area contributed by atoms with Crippen LogP contribution in [0.1, 0.15) is 21.5 Å². The highest BCUT2D eigenvalue weighted by atomic mass is 35.5. The normalized spacial score (nSPS) is 11.3. The Labute approximate surface area is 188 Å². The molecule has 0 atom stereocenters. The van der Waals surface area contributed by atoms with Crippen molar-refractivity contribution in [1.82, 2.24) is 15.0 Å². The van der Waals surface area contributed by atoms with Gasteiger partial charge in [-0.1, -0.05) is 59.8 Å². The van der Waals surface area contributed by atoms with Gasteiger partial charge in [0.25, 0.3) is 5.91 Å². The lowest BCUT2D eigenvalue weighted by atomic mass is 10.0. The lowest BCUT2D eigenvalue weighted by Crippen LogP contribution is -2.17.